The van der Waals surface area contributed by atoms with E-state index >= 15 is 0 Å². The Morgan fingerprint density at radius 2 is 1.86 bits per heavy atom. The molecule has 1 rings (SSSR count). The Kier molecular flexibility index (Phi) is 6.40. The molecule has 122 valence electrons. The number of carbonyl (C=O) groups is 1. The van der Waals surface area contributed by atoms with Gasteiger partial charge in [-0.3, -0.25) is 9.79 Å². The molecule has 1 aromatic rings. The van der Waals surface area contributed by atoms with Gasteiger partial charge in [0, 0.05) is 19.1 Å². The van der Waals surface area contributed by atoms with Crippen LogP contribution in [0.25, 0.3) is 0 Å². The number of nitrogens with zero attached hydrogens (tertiary/aromatic N) is 1. The first-order chi connectivity index (χ1) is 10.2. The lowest BCUT2D eigenvalue weighted by Gasteiger charge is -2.21. The maximum atomic E-state index is 11.8. The molecule has 0 unspecified atom stereocenters. The molecule has 0 saturated heterocycles. The summed E-state index contributed by atoms with van der Waals surface area (Å²) >= 11 is 0. The van der Waals surface area contributed by atoms with E-state index in [9.17, 15) is 4.79 Å². The van der Waals surface area contributed by atoms with E-state index in [1.807, 2.05) is 20.8 Å². The first-order valence-corrected chi connectivity index (χ1v) is 7.53. The predicted molar refractivity (Wildman–Crippen MR) is 92.0 cm³/mol. The van der Waals surface area contributed by atoms with Crippen molar-refractivity contribution >= 4 is 11.9 Å². The van der Waals surface area contributed by atoms with Gasteiger partial charge in [-0.15, -0.1) is 0 Å². The molecule has 0 aliphatic heterocycles. The van der Waals surface area contributed by atoms with E-state index in [1.165, 1.54) is 16.7 Å². The standard InChI is InChI=1S/C17H28N4O/c1-12-7-8-14(13(2)9-12)10-19-16(18-6)20-11-15(22)21-17(3,4)5/h7-9H,10-11H2,1-6H3,(H,21,22)(H2,18,19,20). The molecule has 22 heavy (non-hydrogen) atoms. The molecule has 0 radical (unpaired) electrons. The van der Waals surface area contributed by atoms with Crippen molar-refractivity contribution in [2.45, 2.75) is 46.7 Å². The third-order valence-corrected chi connectivity index (χ3v) is 3.10. The summed E-state index contributed by atoms with van der Waals surface area (Å²) in [4.78, 5) is 15.9. The van der Waals surface area contributed by atoms with Gasteiger partial charge in [0.05, 0.1) is 6.54 Å². The number of rotatable bonds is 4. The Balaban J connectivity index is 2.48. The lowest BCUT2D eigenvalue weighted by atomic mass is 10.1. The zero-order valence-corrected chi connectivity index (χ0v) is 14.5. The Morgan fingerprint density at radius 3 is 2.41 bits per heavy atom. The van der Waals surface area contributed by atoms with Crippen LogP contribution in [0.4, 0.5) is 0 Å². The largest absolute Gasteiger partial charge is 0.352 e. The van der Waals surface area contributed by atoms with E-state index in [2.05, 4.69) is 53.0 Å². The second kappa shape index (κ2) is 7.82. The summed E-state index contributed by atoms with van der Waals surface area (Å²) in [6.07, 6.45) is 0. The Hall–Kier alpha value is -2.04. The summed E-state index contributed by atoms with van der Waals surface area (Å²) in [5.41, 5.74) is 3.48. The van der Waals surface area contributed by atoms with Crippen molar-refractivity contribution in [1.82, 2.24) is 16.0 Å². The molecule has 5 heteroatoms. The molecule has 5 nitrogen and oxygen atoms in total. The number of aliphatic imine (C=N–C) groups is 1. The fourth-order valence-corrected chi connectivity index (χ4v) is 2.07. The molecule has 1 amide bonds. The second-order valence-corrected chi connectivity index (χ2v) is 6.51. The summed E-state index contributed by atoms with van der Waals surface area (Å²) in [6.45, 7) is 10.9. The van der Waals surface area contributed by atoms with Gasteiger partial charge in [-0.2, -0.15) is 0 Å². The van der Waals surface area contributed by atoms with Crippen molar-refractivity contribution in [2.24, 2.45) is 4.99 Å². The molecule has 0 aromatic heterocycles. The normalized spacial score (nSPS) is 12.0. The lowest BCUT2D eigenvalue weighted by molar-refractivity contribution is -0.121. The topological polar surface area (TPSA) is 65.5 Å². The van der Waals surface area contributed by atoms with E-state index in [1.54, 1.807) is 7.05 Å². The minimum Gasteiger partial charge on any atom is -0.352 e. The summed E-state index contributed by atoms with van der Waals surface area (Å²) < 4.78 is 0. The summed E-state index contributed by atoms with van der Waals surface area (Å²) in [6, 6.07) is 6.36. The molecule has 0 aliphatic rings. The zero-order chi connectivity index (χ0) is 16.8. The number of benzene rings is 1. The third kappa shape index (κ3) is 6.61. The average molecular weight is 304 g/mol. The molecular formula is C17H28N4O. The van der Waals surface area contributed by atoms with Gasteiger partial charge in [0.25, 0.3) is 0 Å². The van der Waals surface area contributed by atoms with Crippen LogP contribution in [-0.2, 0) is 11.3 Å². The monoisotopic (exact) mass is 304 g/mol. The Morgan fingerprint density at radius 1 is 1.18 bits per heavy atom. The number of nitrogens with one attached hydrogen (secondary N) is 3. The number of hydrogen-bond acceptors (Lipinski definition) is 2. The van der Waals surface area contributed by atoms with Crippen molar-refractivity contribution in [3.8, 4) is 0 Å². The maximum absolute atomic E-state index is 11.8. The first kappa shape index (κ1) is 18.0. The van der Waals surface area contributed by atoms with Gasteiger partial charge in [-0.05, 0) is 45.7 Å². The highest BCUT2D eigenvalue weighted by atomic mass is 16.2. The molecular weight excluding hydrogens is 276 g/mol. The van der Waals surface area contributed by atoms with Crippen molar-refractivity contribution in [2.75, 3.05) is 13.6 Å². The highest BCUT2D eigenvalue weighted by Crippen LogP contribution is 2.09. The van der Waals surface area contributed by atoms with Crippen LogP contribution in [0.2, 0.25) is 0 Å². The first-order valence-electron chi connectivity index (χ1n) is 7.53. The van der Waals surface area contributed by atoms with Gasteiger partial charge in [-0.1, -0.05) is 23.8 Å². The number of hydrogen-bond donors (Lipinski definition) is 3. The van der Waals surface area contributed by atoms with Crippen molar-refractivity contribution < 1.29 is 4.79 Å². The molecule has 0 fully saturated rings. The van der Waals surface area contributed by atoms with Crippen LogP contribution in [-0.4, -0.2) is 31.0 Å². The minimum absolute atomic E-state index is 0.0537. The summed E-state index contributed by atoms with van der Waals surface area (Å²) in [5, 5.41) is 9.15. The van der Waals surface area contributed by atoms with Crippen molar-refractivity contribution in [1.29, 1.82) is 0 Å². The maximum Gasteiger partial charge on any atom is 0.239 e. The van der Waals surface area contributed by atoms with E-state index in [0.717, 1.165) is 0 Å². The third-order valence-electron chi connectivity index (χ3n) is 3.10. The van der Waals surface area contributed by atoms with Crippen LogP contribution in [0.3, 0.4) is 0 Å². The molecule has 3 N–H and O–H groups in total. The molecule has 0 spiro atoms. The van der Waals surface area contributed by atoms with Crippen LogP contribution in [0.5, 0.6) is 0 Å². The number of guanidine groups is 1. The highest BCUT2D eigenvalue weighted by Gasteiger charge is 2.13. The van der Waals surface area contributed by atoms with Crippen molar-refractivity contribution in [3.05, 3.63) is 34.9 Å². The average Bonchev–Trinajstić information content (AvgIpc) is 2.38. The molecule has 0 atom stereocenters. The van der Waals surface area contributed by atoms with Crippen LogP contribution in [0, 0.1) is 13.8 Å². The van der Waals surface area contributed by atoms with E-state index in [4.69, 9.17) is 0 Å². The SMILES string of the molecule is CN=C(NCC(=O)NC(C)(C)C)NCc1ccc(C)cc1C. The predicted octanol–water partition coefficient (Wildman–Crippen LogP) is 1.88. The van der Waals surface area contributed by atoms with Crippen molar-refractivity contribution in [3.63, 3.8) is 0 Å². The number of amides is 1. The number of aryl methyl sites for hydroxylation is 2. The van der Waals surface area contributed by atoms with Gasteiger partial charge in [0.15, 0.2) is 5.96 Å². The highest BCUT2D eigenvalue weighted by molar-refractivity contribution is 5.86. The van der Waals surface area contributed by atoms with Crippen LogP contribution >= 0.6 is 0 Å². The molecule has 0 aliphatic carbocycles. The zero-order valence-electron chi connectivity index (χ0n) is 14.5. The van der Waals surface area contributed by atoms with Gasteiger partial charge < -0.3 is 16.0 Å². The van der Waals surface area contributed by atoms with E-state index < -0.39 is 0 Å². The Bertz CT molecular complexity index is 544. The van der Waals surface area contributed by atoms with E-state index in [0.29, 0.717) is 12.5 Å². The van der Waals surface area contributed by atoms with Gasteiger partial charge >= 0.3 is 0 Å². The summed E-state index contributed by atoms with van der Waals surface area (Å²) in [5.74, 6) is 0.561. The van der Waals surface area contributed by atoms with E-state index in [-0.39, 0.29) is 18.0 Å². The minimum atomic E-state index is -0.227. The fraction of sp³-hybridized carbons (Fsp3) is 0.529. The van der Waals surface area contributed by atoms with Crippen LogP contribution in [0.15, 0.2) is 23.2 Å². The van der Waals surface area contributed by atoms with Gasteiger partial charge in [0.1, 0.15) is 0 Å². The molecule has 1 aromatic carbocycles. The molecule has 0 bridgehead atoms. The number of carbonyl (C=O) groups excluding carboxylic acids is 1. The van der Waals surface area contributed by atoms with Gasteiger partial charge in [-0.25, -0.2) is 0 Å². The fourth-order valence-electron chi connectivity index (χ4n) is 2.07. The quantitative estimate of drug-likeness (QED) is 0.588. The second-order valence-electron chi connectivity index (χ2n) is 6.51. The van der Waals surface area contributed by atoms with Crippen LogP contribution < -0.4 is 16.0 Å². The van der Waals surface area contributed by atoms with Crippen LogP contribution in [0.1, 0.15) is 37.5 Å². The van der Waals surface area contributed by atoms with Gasteiger partial charge in [0.2, 0.25) is 5.91 Å². The molecule has 0 saturated carbocycles. The summed E-state index contributed by atoms with van der Waals surface area (Å²) in [7, 11) is 1.69. The smallest absolute Gasteiger partial charge is 0.239 e. The lowest BCUT2D eigenvalue weighted by Crippen LogP contribution is -2.48. The molecule has 0 heterocycles. The Labute approximate surface area is 133 Å².